The van der Waals surface area contributed by atoms with Crippen LogP contribution in [0.15, 0.2) is 31.1 Å². The van der Waals surface area contributed by atoms with Crippen molar-refractivity contribution in [2.24, 2.45) is 7.05 Å². The topological polar surface area (TPSA) is 64.3 Å². The first-order valence-electron chi connectivity index (χ1n) is 6.18. The van der Waals surface area contributed by atoms with Gasteiger partial charge in [-0.25, -0.2) is 9.97 Å². The number of nitrogens with zero attached hydrogens (tertiary/aromatic N) is 5. The van der Waals surface area contributed by atoms with E-state index in [1.165, 1.54) is 0 Å². The predicted molar refractivity (Wildman–Crippen MR) is 71.6 cm³/mol. The number of hydrogen-bond acceptors (Lipinski definition) is 3. The Hall–Kier alpha value is -2.37. The molecule has 0 unspecified atom stereocenters. The smallest absolute Gasteiger partial charge is 0.161 e. The summed E-state index contributed by atoms with van der Waals surface area (Å²) >= 11 is 0. The molecule has 1 N–H and O–H groups in total. The molecule has 1 atom stereocenters. The van der Waals surface area contributed by atoms with E-state index in [0.717, 1.165) is 22.8 Å². The Bertz CT molecular complexity index is 689. The Labute approximate surface area is 111 Å². The molecule has 0 saturated heterocycles. The van der Waals surface area contributed by atoms with Gasteiger partial charge < -0.3 is 9.55 Å². The lowest BCUT2D eigenvalue weighted by Gasteiger charge is -2.14. The molecule has 3 aromatic heterocycles. The Kier molecular flexibility index (Phi) is 2.70. The number of aromatic amines is 1. The first kappa shape index (κ1) is 11.7. The molecule has 0 aliphatic carbocycles. The van der Waals surface area contributed by atoms with E-state index < -0.39 is 0 Å². The van der Waals surface area contributed by atoms with Crippen LogP contribution < -0.4 is 0 Å². The number of H-pyrrole nitrogens is 1. The summed E-state index contributed by atoms with van der Waals surface area (Å²) in [5, 5.41) is 4.22. The molecule has 0 aromatic carbocycles. The number of nitrogens with one attached hydrogen (secondary N) is 1. The highest BCUT2D eigenvalue weighted by Crippen LogP contribution is 2.25. The number of hydrogen-bond donors (Lipinski definition) is 1. The third kappa shape index (κ3) is 1.95. The molecule has 0 aliphatic rings. The third-order valence-corrected chi connectivity index (χ3v) is 3.33. The summed E-state index contributed by atoms with van der Waals surface area (Å²) in [6.45, 7) is 4.13. The largest absolute Gasteiger partial charge is 0.348 e. The van der Waals surface area contributed by atoms with Crippen LogP contribution in [0.5, 0.6) is 0 Å². The zero-order chi connectivity index (χ0) is 13.4. The third-order valence-electron chi connectivity index (χ3n) is 3.33. The summed E-state index contributed by atoms with van der Waals surface area (Å²) in [7, 11) is 1.92. The summed E-state index contributed by atoms with van der Waals surface area (Å²) in [5.74, 6) is 0.870. The molecule has 0 amide bonds. The quantitative estimate of drug-likeness (QED) is 0.778. The zero-order valence-electron chi connectivity index (χ0n) is 11.2. The van der Waals surface area contributed by atoms with Crippen molar-refractivity contribution in [3.05, 3.63) is 42.4 Å². The maximum atomic E-state index is 4.43. The van der Waals surface area contributed by atoms with E-state index >= 15 is 0 Å². The van der Waals surface area contributed by atoms with Crippen LogP contribution in [-0.2, 0) is 7.05 Å². The van der Waals surface area contributed by atoms with E-state index in [-0.39, 0.29) is 6.04 Å². The van der Waals surface area contributed by atoms with Gasteiger partial charge in [0.1, 0.15) is 5.69 Å². The Morgan fingerprint density at radius 3 is 2.79 bits per heavy atom. The van der Waals surface area contributed by atoms with Gasteiger partial charge in [-0.2, -0.15) is 5.10 Å². The fourth-order valence-electron chi connectivity index (χ4n) is 2.21. The van der Waals surface area contributed by atoms with Gasteiger partial charge in [0.25, 0.3) is 0 Å². The van der Waals surface area contributed by atoms with Gasteiger partial charge >= 0.3 is 0 Å². The predicted octanol–water partition coefficient (Wildman–Crippen LogP) is 1.92. The van der Waals surface area contributed by atoms with Gasteiger partial charge in [-0.3, -0.25) is 4.68 Å². The summed E-state index contributed by atoms with van der Waals surface area (Å²) in [6, 6.07) is 0.169. The fourth-order valence-corrected chi connectivity index (χ4v) is 2.21. The molecule has 0 bridgehead atoms. The van der Waals surface area contributed by atoms with Crippen molar-refractivity contribution < 1.29 is 0 Å². The van der Waals surface area contributed by atoms with Gasteiger partial charge in [-0.15, -0.1) is 0 Å². The van der Waals surface area contributed by atoms with E-state index in [2.05, 4.69) is 31.5 Å². The molecule has 19 heavy (non-hydrogen) atoms. The van der Waals surface area contributed by atoms with Crippen molar-refractivity contribution >= 4 is 0 Å². The highest BCUT2D eigenvalue weighted by molar-refractivity contribution is 5.53. The lowest BCUT2D eigenvalue weighted by atomic mass is 10.2. The minimum absolute atomic E-state index is 0.169. The van der Waals surface area contributed by atoms with Crippen LogP contribution in [0.3, 0.4) is 0 Å². The molecule has 6 nitrogen and oxygen atoms in total. The number of aryl methyl sites for hydroxylation is 2. The maximum absolute atomic E-state index is 4.43. The van der Waals surface area contributed by atoms with Crippen LogP contribution >= 0.6 is 0 Å². The monoisotopic (exact) mass is 256 g/mol. The van der Waals surface area contributed by atoms with Crippen molar-refractivity contribution in [2.45, 2.75) is 19.9 Å². The normalized spacial score (nSPS) is 12.8. The number of aromatic nitrogens is 6. The molecule has 0 saturated carbocycles. The first-order valence-corrected chi connectivity index (χ1v) is 6.18. The van der Waals surface area contributed by atoms with Crippen LogP contribution in [0.1, 0.15) is 24.2 Å². The molecule has 98 valence electrons. The average molecular weight is 256 g/mol. The Morgan fingerprint density at radius 1 is 1.32 bits per heavy atom. The van der Waals surface area contributed by atoms with Gasteiger partial charge in [0, 0.05) is 36.9 Å². The van der Waals surface area contributed by atoms with Gasteiger partial charge in [-0.05, 0) is 13.8 Å². The second kappa shape index (κ2) is 4.38. The maximum Gasteiger partial charge on any atom is 0.161 e. The molecular formula is C13H16N6. The molecule has 0 aliphatic heterocycles. The molecule has 3 rings (SSSR count). The molecule has 3 heterocycles. The first-order chi connectivity index (χ1) is 9.16. The van der Waals surface area contributed by atoms with Gasteiger partial charge in [0.2, 0.25) is 0 Å². The fraction of sp³-hybridized carbons (Fsp3) is 0.308. The lowest BCUT2D eigenvalue weighted by Crippen LogP contribution is -2.07. The molecule has 6 heteroatoms. The van der Waals surface area contributed by atoms with Crippen molar-refractivity contribution in [1.82, 2.24) is 29.3 Å². The van der Waals surface area contributed by atoms with Crippen molar-refractivity contribution in [1.29, 1.82) is 0 Å². The minimum atomic E-state index is 0.169. The molecular weight excluding hydrogens is 240 g/mol. The molecule has 3 aromatic rings. The van der Waals surface area contributed by atoms with Gasteiger partial charge in [-0.1, -0.05) is 0 Å². The van der Waals surface area contributed by atoms with E-state index in [1.54, 1.807) is 12.5 Å². The SMILES string of the molecule is Cc1[nH]cnc1-c1nccn1[C@@H](C)c1cnn(C)c1. The van der Waals surface area contributed by atoms with Crippen LogP contribution in [0.25, 0.3) is 11.5 Å². The Balaban J connectivity index is 2.03. The second-order valence-corrected chi connectivity index (χ2v) is 4.66. The zero-order valence-corrected chi connectivity index (χ0v) is 11.2. The van der Waals surface area contributed by atoms with E-state index in [9.17, 15) is 0 Å². The second-order valence-electron chi connectivity index (χ2n) is 4.66. The molecule has 0 radical (unpaired) electrons. The molecule has 0 fully saturated rings. The van der Waals surface area contributed by atoms with Crippen LogP contribution in [0.2, 0.25) is 0 Å². The van der Waals surface area contributed by atoms with E-state index in [4.69, 9.17) is 0 Å². The average Bonchev–Trinajstić information content (AvgIpc) is 3.07. The molecule has 0 spiro atoms. The number of rotatable bonds is 3. The summed E-state index contributed by atoms with van der Waals surface area (Å²) in [5.41, 5.74) is 3.06. The van der Waals surface area contributed by atoms with Crippen molar-refractivity contribution in [3.63, 3.8) is 0 Å². The minimum Gasteiger partial charge on any atom is -0.348 e. The summed E-state index contributed by atoms with van der Waals surface area (Å²) < 4.78 is 3.92. The highest BCUT2D eigenvalue weighted by atomic mass is 15.2. The lowest BCUT2D eigenvalue weighted by molar-refractivity contribution is 0.643. The van der Waals surface area contributed by atoms with Crippen LogP contribution in [0, 0.1) is 6.92 Å². The van der Waals surface area contributed by atoms with Crippen molar-refractivity contribution in [2.75, 3.05) is 0 Å². The Morgan fingerprint density at radius 2 is 2.16 bits per heavy atom. The summed E-state index contributed by atoms with van der Waals surface area (Å²) in [6.07, 6.45) is 9.37. The van der Waals surface area contributed by atoms with Crippen LogP contribution in [-0.4, -0.2) is 29.3 Å². The van der Waals surface area contributed by atoms with Gasteiger partial charge in [0.05, 0.1) is 18.6 Å². The number of imidazole rings is 2. The van der Waals surface area contributed by atoms with Crippen molar-refractivity contribution in [3.8, 4) is 11.5 Å². The summed E-state index contributed by atoms with van der Waals surface area (Å²) in [4.78, 5) is 11.9. The van der Waals surface area contributed by atoms with E-state index in [0.29, 0.717) is 0 Å². The van der Waals surface area contributed by atoms with E-state index in [1.807, 2.05) is 37.2 Å². The standard InChI is InChI=1S/C13H16N6/c1-9-12(16-8-15-9)13-14-4-5-19(13)10(2)11-6-17-18(3)7-11/h4-8,10H,1-3H3,(H,15,16)/t10-/m0/s1. The van der Waals surface area contributed by atoms with Gasteiger partial charge in [0.15, 0.2) is 5.82 Å². The highest BCUT2D eigenvalue weighted by Gasteiger charge is 2.17. The van der Waals surface area contributed by atoms with Crippen LogP contribution in [0.4, 0.5) is 0 Å².